The molecule has 1 saturated carbocycles. The summed E-state index contributed by atoms with van der Waals surface area (Å²) in [4.78, 5) is 2.65. The van der Waals surface area contributed by atoms with Gasteiger partial charge in [-0.05, 0) is 62.9 Å². The first-order valence-electron chi connectivity index (χ1n) is 7.55. The quantitative estimate of drug-likeness (QED) is 0.682. The largest absolute Gasteiger partial charge is 0.303 e. The molecule has 1 heteroatoms. The molecule has 3 atom stereocenters. The van der Waals surface area contributed by atoms with E-state index in [1.807, 2.05) is 0 Å². The monoisotopic (exact) mass is 223 g/mol. The number of hydrogen-bond acceptors (Lipinski definition) is 1. The number of likely N-dealkylation sites (tertiary alicyclic amines) is 1. The van der Waals surface area contributed by atoms with Crippen LogP contribution in [0, 0.1) is 17.8 Å². The van der Waals surface area contributed by atoms with Crippen molar-refractivity contribution in [1.29, 1.82) is 0 Å². The Morgan fingerprint density at radius 1 is 1.06 bits per heavy atom. The van der Waals surface area contributed by atoms with Crippen LogP contribution >= 0.6 is 0 Å². The molecule has 2 rings (SSSR count). The van der Waals surface area contributed by atoms with E-state index in [1.54, 1.807) is 6.42 Å². The van der Waals surface area contributed by atoms with Crippen LogP contribution in [0.5, 0.6) is 0 Å². The first-order chi connectivity index (χ1) is 7.83. The molecule has 1 heterocycles. The lowest BCUT2D eigenvalue weighted by Crippen LogP contribution is -2.38. The molecule has 16 heavy (non-hydrogen) atoms. The molecule has 0 radical (unpaired) electrons. The highest BCUT2D eigenvalue weighted by atomic mass is 15.1. The summed E-state index contributed by atoms with van der Waals surface area (Å²) in [5, 5.41) is 0. The van der Waals surface area contributed by atoms with Gasteiger partial charge in [-0.25, -0.2) is 0 Å². The minimum Gasteiger partial charge on any atom is -0.303 e. The summed E-state index contributed by atoms with van der Waals surface area (Å²) in [5.74, 6) is 3.22. The summed E-state index contributed by atoms with van der Waals surface area (Å²) >= 11 is 0. The Kier molecular flexibility index (Phi) is 4.69. The Morgan fingerprint density at radius 3 is 2.50 bits per heavy atom. The number of piperidine rings is 1. The van der Waals surface area contributed by atoms with Gasteiger partial charge in [0.2, 0.25) is 0 Å². The lowest BCUT2D eigenvalue weighted by molar-refractivity contribution is 0.0940. The van der Waals surface area contributed by atoms with Crippen molar-refractivity contribution in [2.45, 2.75) is 58.8 Å². The Hall–Kier alpha value is -0.0400. The molecule has 1 aliphatic carbocycles. The van der Waals surface area contributed by atoms with E-state index < -0.39 is 0 Å². The first kappa shape index (κ1) is 12.4. The van der Waals surface area contributed by atoms with Crippen molar-refractivity contribution in [3.63, 3.8) is 0 Å². The van der Waals surface area contributed by atoms with Crippen molar-refractivity contribution in [3.8, 4) is 0 Å². The van der Waals surface area contributed by atoms with Crippen molar-refractivity contribution in [1.82, 2.24) is 4.90 Å². The summed E-state index contributed by atoms with van der Waals surface area (Å²) < 4.78 is 0. The van der Waals surface area contributed by atoms with Crippen LogP contribution < -0.4 is 0 Å². The maximum Gasteiger partial charge on any atom is 0.000965 e. The molecule has 0 aromatic rings. The molecular formula is C15H29N. The van der Waals surface area contributed by atoms with Crippen LogP contribution in [0.3, 0.4) is 0 Å². The van der Waals surface area contributed by atoms with E-state index in [9.17, 15) is 0 Å². The van der Waals surface area contributed by atoms with Gasteiger partial charge in [0.15, 0.2) is 0 Å². The lowest BCUT2D eigenvalue weighted by atomic mass is 9.67. The summed E-state index contributed by atoms with van der Waals surface area (Å²) in [7, 11) is 0. The van der Waals surface area contributed by atoms with Crippen LogP contribution in [-0.4, -0.2) is 24.5 Å². The van der Waals surface area contributed by atoms with E-state index in [0.29, 0.717) is 0 Å². The second-order valence-electron chi connectivity index (χ2n) is 6.02. The van der Waals surface area contributed by atoms with E-state index in [0.717, 1.165) is 17.8 Å². The van der Waals surface area contributed by atoms with Crippen molar-refractivity contribution in [2.24, 2.45) is 17.8 Å². The zero-order chi connectivity index (χ0) is 11.4. The standard InChI is InChI=1S/C15H29N/c1-3-6-14-8-9-15(14)11-13-7-5-10-16(4-2)12-13/h13-15H,3-12H2,1-2H3. The maximum absolute atomic E-state index is 2.65. The first-order valence-corrected chi connectivity index (χ1v) is 7.55. The number of hydrogen-bond donors (Lipinski definition) is 0. The maximum atomic E-state index is 2.65. The van der Waals surface area contributed by atoms with E-state index >= 15 is 0 Å². The predicted molar refractivity (Wildman–Crippen MR) is 70.6 cm³/mol. The van der Waals surface area contributed by atoms with Crippen LogP contribution in [0.15, 0.2) is 0 Å². The molecule has 0 bridgehead atoms. The van der Waals surface area contributed by atoms with Crippen molar-refractivity contribution < 1.29 is 0 Å². The molecule has 2 fully saturated rings. The average Bonchev–Trinajstić information content (AvgIpc) is 2.32. The third-order valence-corrected chi connectivity index (χ3v) is 4.92. The van der Waals surface area contributed by atoms with Crippen molar-refractivity contribution >= 4 is 0 Å². The molecule has 0 aromatic heterocycles. The third-order valence-electron chi connectivity index (χ3n) is 4.92. The number of nitrogens with zero attached hydrogens (tertiary/aromatic N) is 1. The fourth-order valence-electron chi connectivity index (χ4n) is 3.76. The van der Waals surface area contributed by atoms with Crippen LogP contribution in [-0.2, 0) is 0 Å². The molecule has 94 valence electrons. The minimum absolute atomic E-state index is 1.03. The summed E-state index contributed by atoms with van der Waals surface area (Å²) in [5.41, 5.74) is 0. The molecule has 0 aromatic carbocycles. The summed E-state index contributed by atoms with van der Waals surface area (Å²) in [6, 6.07) is 0. The molecule has 0 spiro atoms. The zero-order valence-corrected chi connectivity index (χ0v) is 11.3. The van der Waals surface area contributed by atoms with E-state index in [1.165, 1.54) is 58.2 Å². The Labute approximate surface area is 102 Å². The van der Waals surface area contributed by atoms with Gasteiger partial charge in [-0.15, -0.1) is 0 Å². The molecule has 0 N–H and O–H groups in total. The van der Waals surface area contributed by atoms with Crippen LogP contribution in [0.25, 0.3) is 0 Å². The van der Waals surface area contributed by atoms with Gasteiger partial charge in [0.25, 0.3) is 0 Å². The van der Waals surface area contributed by atoms with Gasteiger partial charge in [0.1, 0.15) is 0 Å². The van der Waals surface area contributed by atoms with E-state index in [4.69, 9.17) is 0 Å². The summed E-state index contributed by atoms with van der Waals surface area (Å²) in [6.45, 7) is 8.67. The van der Waals surface area contributed by atoms with Crippen LogP contribution in [0.2, 0.25) is 0 Å². The molecule has 3 unspecified atom stereocenters. The fraction of sp³-hybridized carbons (Fsp3) is 1.00. The molecule has 1 nitrogen and oxygen atoms in total. The zero-order valence-electron chi connectivity index (χ0n) is 11.3. The Balaban J connectivity index is 1.72. The van der Waals surface area contributed by atoms with Gasteiger partial charge in [0, 0.05) is 6.54 Å². The Morgan fingerprint density at radius 2 is 1.88 bits per heavy atom. The second-order valence-corrected chi connectivity index (χ2v) is 6.02. The van der Waals surface area contributed by atoms with E-state index in [-0.39, 0.29) is 0 Å². The van der Waals surface area contributed by atoms with Gasteiger partial charge in [-0.2, -0.15) is 0 Å². The highest BCUT2D eigenvalue weighted by Gasteiger charge is 2.32. The smallest absolute Gasteiger partial charge is 0.000965 e. The van der Waals surface area contributed by atoms with E-state index in [2.05, 4.69) is 18.7 Å². The molecule has 1 aliphatic heterocycles. The Bertz CT molecular complexity index is 202. The molecular weight excluding hydrogens is 194 g/mol. The van der Waals surface area contributed by atoms with Gasteiger partial charge >= 0.3 is 0 Å². The van der Waals surface area contributed by atoms with Crippen molar-refractivity contribution in [2.75, 3.05) is 19.6 Å². The van der Waals surface area contributed by atoms with Crippen molar-refractivity contribution in [3.05, 3.63) is 0 Å². The minimum atomic E-state index is 1.03. The number of rotatable bonds is 5. The lowest BCUT2D eigenvalue weighted by Gasteiger charge is -2.41. The van der Waals surface area contributed by atoms with Gasteiger partial charge < -0.3 is 4.90 Å². The molecule has 2 aliphatic rings. The van der Waals surface area contributed by atoms with Gasteiger partial charge in [0.05, 0.1) is 0 Å². The fourth-order valence-corrected chi connectivity index (χ4v) is 3.76. The highest BCUT2D eigenvalue weighted by molar-refractivity contribution is 4.84. The SMILES string of the molecule is CCCC1CCC1CC1CCCN(CC)C1. The van der Waals surface area contributed by atoms with Crippen LogP contribution in [0.1, 0.15) is 58.8 Å². The molecule has 1 saturated heterocycles. The van der Waals surface area contributed by atoms with Crippen LogP contribution in [0.4, 0.5) is 0 Å². The summed E-state index contributed by atoms with van der Waals surface area (Å²) in [6.07, 6.45) is 10.5. The van der Waals surface area contributed by atoms with Gasteiger partial charge in [-0.3, -0.25) is 0 Å². The highest BCUT2D eigenvalue weighted by Crippen LogP contribution is 2.42. The predicted octanol–water partition coefficient (Wildman–Crippen LogP) is 3.93. The topological polar surface area (TPSA) is 3.24 Å². The normalized spacial score (nSPS) is 36.0. The molecule has 0 amide bonds. The second kappa shape index (κ2) is 6.05. The average molecular weight is 223 g/mol. The van der Waals surface area contributed by atoms with Gasteiger partial charge in [-0.1, -0.05) is 26.7 Å². The third kappa shape index (κ3) is 3.00.